The van der Waals surface area contributed by atoms with Crippen molar-refractivity contribution in [1.29, 1.82) is 0 Å². The van der Waals surface area contributed by atoms with E-state index in [0.717, 1.165) is 0 Å². The topological polar surface area (TPSA) is 102 Å². The Balaban J connectivity index is 1.79. The standard InChI is InChI=1S/C23H21FN4O4S/c1-3-32-21(30)19-13(2)25-22(31)26-18(19)12-33-23-27-17-7-5-4-6-16(17)20(29)28(23)15-10-8-14(24)9-11-15/h4-11,13H,3,12H2,1-2H3,(H2,25,26,31). The molecule has 0 aliphatic carbocycles. The van der Waals surface area contributed by atoms with Crippen molar-refractivity contribution in [3.8, 4) is 5.69 Å². The molecule has 1 aliphatic heterocycles. The number of halogens is 1. The first-order chi connectivity index (χ1) is 15.9. The van der Waals surface area contributed by atoms with Crippen LogP contribution >= 0.6 is 11.8 Å². The van der Waals surface area contributed by atoms with Gasteiger partial charge in [-0.15, -0.1) is 0 Å². The van der Waals surface area contributed by atoms with Crippen molar-refractivity contribution in [3.63, 3.8) is 0 Å². The molecule has 1 atom stereocenters. The molecular formula is C23H21FN4O4S. The van der Waals surface area contributed by atoms with Gasteiger partial charge >= 0.3 is 12.0 Å². The Morgan fingerprint density at radius 1 is 1.18 bits per heavy atom. The van der Waals surface area contributed by atoms with Gasteiger partial charge in [-0.25, -0.2) is 19.0 Å². The van der Waals surface area contributed by atoms with Gasteiger partial charge in [-0.05, 0) is 50.2 Å². The molecule has 170 valence electrons. The van der Waals surface area contributed by atoms with Crippen LogP contribution < -0.4 is 16.2 Å². The number of carbonyl (C=O) groups is 2. The van der Waals surface area contributed by atoms with Crippen LogP contribution in [0, 0.1) is 5.82 Å². The third-order valence-corrected chi connectivity index (χ3v) is 6.01. The molecule has 2 N–H and O–H groups in total. The summed E-state index contributed by atoms with van der Waals surface area (Å²) in [5.41, 5.74) is 1.33. The molecule has 0 fully saturated rings. The highest BCUT2D eigenvalue weighted by Crippen LogP contribution is 2.25. The van der Waals surface area contributed by atoms with Gasteiger partial charge in [-0.3, -0.25) is 9.36 Å². The van der Waals surface area contributed by atoms with Crippen molar-refractivity contribution in [2.24, 2.45) is 0 Å². The smallest absolute Gasteiger partial charge is 0.337 e. The van der Waals surface area contributed by atoms with Crippen LogP contribution in [0.15, 0.2) is 69.8 Å². The molecule has 10 heteroatoms. The second kappa shape index (κ2) is 9.45. The summed E-state index contributed by atoms with van der Waals surface area (Å²) >= 11 is 1.17. The summed E-state index contributed by atoms with van der Waals surface area (Å²) in [5, 5.41) is 6.07. The number of fused-ring (bicyclic) bond motifs is 1. The van der Waals surface area contributed by atoms with Crippen LogP contribution in [0.5, 0.6) is 0 Å². The zero-order valence-corrected chi connectivity index (χ0v) is 18.7. The molecule has 1 aliphatic rings. The monoisotopic (exact) mass is 468 g/mol. The lowest BCUT2D eigenvalue weighted by Gasteiger charge is -2.26. The number of hydrogen-bond acceptors (Lipinski definition) is 6. The molecule has 2 heterocycles. The molecule has 2 aromatic carbocycles. The summed E-state index contributed by atoms with van der Waals surface area (Å²) in [5.74, 6) is -0.807. The highest BCUT2D eigenvalue weighted by molar-refractivity contribution is 7.99. The first kappa shape index (κ1) is 22.5. The number of benzene rings is 2. The predicted octanol–water partition coefficient (Wildman–Crippen LogP) is 3.14. The van der Waals surface area contributed by atoms with Crippen molar-refractivity contribution in [1.82, 2.24) is 20.2 Å². The number of carbonyl (C=O) groups excluding carboxylic acids is 2. The Hall–Kier alpha value is -3.66. The zero-order valence-electron chi connectivity index (χ0n) is 17.9. The third kappa shape index (κ3) is 4.61. The summed E-state index contributed by atoms with van der Waals surface area (Å²) in [4.78, 5) is 42.5. The quantitative estimate of drug-likeness (QED) is 0.327. The molecule has 1 aromatic heterocycles. The van der Waals surface area contributed by atoms with Crippen LogP contribution in [0.2, 0.25) is 0 Å². The van der Waals surface area contributed by atoms with Gasteiger partial charge in [0.1, 0.15) is 5.82 Å². The Kier molecular flexibility index (Phi) is 6.45. The van der Waals surface area contributed by atoms with E-state index < -0.39 is 23.9 Å². The fourth-order valence-corrected chi connectivity index (χ4v) is 4.54. The number of thioether (sulfide) groups is 1. The minimum Gasteiger partial charge on any atom is -0.463 e. The average Bonchev–Trinajstić information content (AvgIpc) is 2.78. The second-order valence-electron chi connectivity index (χ2n) is 7.25. The van der Waals surface area contributed by atoms with Gasteiger partial charge in [0.05, 0.1) is 34.8 Å². The van der Waals surface area contributed by atoms with Gasteiger partial charge in [0.2, 0.25) is 0 Å². The Labute approximate surface area is 192 Å². The minimum absolute atomic E-state index is 0.151. The number of hydrogen-bond donors (Lipinski definition) is 2. The van der Waals surface area contributed by atoms with E-state index in [2.05, 4.69) is 15.6 Å². The van der Waals surface area contributed by atoms with Crippen LogP contribution in [-0.4, -0.2) is 40.0 Å². The van der Waals surface area contributed by atoms with E-state index in [1.54, 1.807) is 38.1 Å². The highest BCUT2D eigenvalue weighted by Gasteiger charge is 2.30. The van der Waals surface area contributed by atoms with Gasteiger partial charge in [-0.2, -0.15) is 0 Å². The largest absolute Gasteiger partial charge is 0.463 e. The van der Waals surface area contributed by atoms with Crippen molar-refractivity contribution in [2.75, 3.05) is 12.4 Å². The van der Waals surface area contributed by atoms with Gasteiger partial charge in [0.25, 0.3) is 5.56 Å². The number of nitrogens with one attached hydrogen (secondary N) is 2. The van der Waals surface area contributed by atoms with Gasteiger partial charge in [0, 0.05) is 11.4 Å². The Morgan fingerprint density at radius 3 is 2.64 bits per heavy atom. The Morgan fingerprint density at radius 2 is 1.91 bits per heavy atom. The van der Waals surface area contributed by atoms with Gasteiger partial charge in [-0.1, -0.05) is 23.9 Å². The summed E-state index contributed by atoms with van der Waals surface area (Å²) in [6.45, 7) is 3.59. The molecule has 33 heavy (non-hydrogen) atoms. The molecular weight excluding hydrogens is 447 g/mol. The van der Waals surface area contributed by atoms with E-state index in [-0.39, 0.29) is 17.9 Å². The number of urea groups is 1. The molecule has 0 spiro atoms. The van der Waals surface area contributed by atoms with Crippen LogP contribution in [0.4, 0.5) is 9.18 Å². The van der Waals surface area contributed by atoms with Crippen molar-refractivity contribution in [3.05, 3.63) is 76.0 Å². The number of para-hydroxylation sites is 1. The fraction of sp³-hybridized carbons (Fsp3) is 0.217. The predicted molar refractivity (Wildman–Crippen MR) is 123 cm³/mol. The maximum atomic E-state index is 13.5. The number of aromatic nitrogens is 2. The molecule has 8 nitrogen and oxygen atoms in total. The lowest BCUT2D eigenvalue weighted by molar-refractivity contribution is -0.138. The molecule has 4 rings (SSSR count). The van der Waals surface area contributed by atoms with Crippen LogP contribution in [-0.2, 0) is 9.53 Å². The lowest BCUT2D eigenvalue weighted by atomic mass is 10.1. The van der Waals surface area contributed by atoms with Crippen molar-refractivity contribution >= 4 is 34.7 Å². The molecule has 2 amide bonds. The fourth-order valence-electron chi connectivity index (χ4n) is 3.56. The first-order valence-corrected chi connectivity index (χ1v) is 11.3. The second-order valence-corrected chi connectivity index (χ2v) is 8.19. The number of esters is 1. The number of nitrogens with zero attached hydrogens (tertiary/aromatic N) is 2. The molecule has 0 saturated carbocycles. The molecule has 0 saturated heterocycles. The maximum absolute atomic E-state index is 13.5. The maximum Gasteiger partial charge on any atom is 0.337 e. The molecule has 0 radical (unpaired) electrons. The summed E-state index contributed by atoms with van der Waals surface area (Å²) < 4.78 is 20.0. The van der Waals surface area contributed by atoms with E-state index in [1.807, 2.05) is 0 Å². The SMILES string of the molecule is CCOC(=O)C1=C(CSc2nc3ccccc3c(=O)n2-c2ccc(F)cc2)NC(=O)NC1C. The van der Waals surface area contributed by atoms with Gasteiger partial charge in [0.15, 0.2) is 5.16 Å². The molecule has 1 unspecified atom stereocenters. The van der Waals surface area contributed by atoms with E-state index in [1.165, 1.54) is 40.6 Å². The average molecular weight is 469 g/mol. The molecule has 3 aromatic rings. The highest BCUT2D eigenvalue weighted by atomic mass is 32.2. The summed E-state index contributed by atoms with van der Waals surface area (Å²) in [7, 11) is 0. The van der Waals surface area contributed by atoms with Crippen molar-refractivity contribution < 1.29 is 18.7 Å². The van der Waals surface area contributed by atoms with E-state index >= 15 is 0 Å². The van der Waals surface area contributed by atoms with Gasteiger partial charge < -0.3 is 15.4 Å². The Bertz CT molecular complexity index is 1320. The number of rotatable bonds is 6. The number of amides is 2. The third-order valence-electron chi connectivity index (χ3n) is 5.04. The van der Waals surface area contributed by atoms with Crippen LogP contribution in [0.3, 0.4) is 0 Å². The molecule has 0 bridgehead atoms. The summed E-state index contributed by atoms with van der Waals surface area (Å²) in [6.07, 6.45) is 0. The van der Waals surface area contributed by atoms with E-state index in [0.29, 0.717) is 33.0 Å². The minimum atomic E-state index is -0.544. The number of ether oxygens (including phenoxy) is 1. The lowest BCUT2D eigenvalue weighted by Crippen LogP contribution is -2.49. The van der Waals surface area contributed by atoms with E-state index in [9.17, 15) is 18.8 Å². The normalized spacial score (nSPS) is 15.8. The van der Waals surface area contributed by atoms with Crippen molar-refractivity contribution in [2.45, 2.75) is 25.0 Å². The van der Waals surface area contributed by atoms with Crippen LogP contribution in [0.25, 0.3) is 16.6 Å². The van der Waals surface area contributed by atoms with Crippen LogP contribution in [0.1, 0.15) is 13.8 Å². The zero-order chi connectivity index (χ0) is 23.5. The van der Waals surface area contributed by atoms with E-state index in [4.69, 9.17) is 4.74 Å². The summed E-state index contributed by atoms with van der Waals surface area (Å²) in [6, 6.07) is 11.5. The first-order valence-electron chi connectivity index (χ1n) is 10.3.